The van der Waals surface area contributed by atoms with Crippen molar-refractivity contribution in [2.45, 2.75) is 0 Å². The molecule has 27 heavy (non-hydrogen) atoms. The lowest BCUT2D eigenvalue weighted by molar-refractivity contribution is 0.102. The number of benzene rings is 1. The molecule has 4 rings (SSSR count). The van der Waals surface area contributed by atoms with Crippen LogP contribution in [0.4, 0.5) is 11.4 Å². The van der Waals surface area contributed by atoms with Gasteiger partial charge in [0.15, 0.2) is 5.82 Å². The van der Waals surface area contributed by atoms with Gasteiger partial charge in [-0.2, -0.15) is 10.2 Å². The molecule has 0 bridgehead atoms. The van der Waals surface area contributed by atoms with E-state index in [2.05, 4.69) is 30.6 Å². The van der Waals surface area contributed by atoms with Crippen molar-refractivity contribution in [2.75, 3.05) is 11.1 Å². The van der Waals surface area contributed by atoms with Crippen LogP contribution in [0.2, 0.25) is 0 Å². The highest BCUT2D eigenvalue weighted by molar-refractivity contribution is 6.05. The lowest BCUT2D eigenvalue weighted by Crippen LogP contribution is -2.14. The summed E-state index contributed by atoms with van der Waals surface area (Å²) in [5.74, 6) is 0.235. The van der Waals surface area contributed by atoms with Crippen molar-refractivity contribution in [2.24, 2.45) is 7.05 Å². The highest BCUT2D eigenvalue weighted by Crippen LogP contribution is 2.25. The van der Waals surface area contributed by atoms with Crippen LogP contribution < -0.4 is 11.1 Å². The molecule has 1 amide bonds. The van der Waals surface area contributed by atoms with E-state index < -0.39 is 0 Å². The summed E-state index contributed by atoms with van der Waals surface area (Å²) in [6.45, 7) is 0. The van der Waals surface area contributed by atoms with Gasteiger partial charge in [-0.25, -0.2) is 4.98 Å². The molecule has 0 unspecified atom stereocenters. The molecule has 0 aliphatic heterocycles. The molecule has 0 aliphatic rings. The molecule has 134 valence electrons. The third-order valence-corrected chi connectivity index (χ3v) is 4.02. The number of rotatable bonds is 4. The van der Waals surface area contributed by atoms with Crippen molar-refractivity contribution < 1.29 is 4.79 Å². The lowest BCUT2D eigenvalue weighted by atomic mass is 10.1. The first-order chi connectivity index (χ1) is 13.1. The van der Waals surface area contributed by atoms with Gasteiger partial charge in [-0.1, -0.05) is 6.07 Å². The maximum atomic E-state index is 12.5. The van der Waals surface area contributed by atoms with E-state index >= 15 is 0 Å². The second-order valence-electron chi connectivity index (χ2n) is 5.93. The van der Waals surface area contributed by atoms with Crippen LogP contribution in [-0.2, 0) is 7.05 Å². The van der Waals surface area contributed by atoms with Crippen LogP contribution in [0.25, 0.3) is 22.5 Å². The second kappa shape index (κ2) is 6.71. The zero-order valence-electron chi connectivity index (χ0n) is 14.4. The zero-order valence-corrected chi connectivity index (χ0v) is 14.4. The maximum Gasteiger partial charge on any atom is 0.274 e. The Balaban J connectivity index is 1.54. The number of nitrogens with zero attached hydrogens (tertiary/aromatic N) is 5. The number of aromatic amines is 1. The second-order valence-corrected chi connectivity index (χ2v) is 5.93. The molecule has 0 saturated heterocycles. The molecule has 3 aromatic heterocycles. The number of aromatic nitrogens is 6. The molecule has 1 aromatic carbocycles. The summed E-state index contributed by atoms with van der Waals surface area (Å²) in [6.07, 6.45) is 6.68. The van der Waals surface area contributed by atoms with Gasteiger partial charge in [0.1, 0.15) is 12.0 Å². The Bertz CT molecular complexity index is 1080. The van der Waals surface area contributed by atoms with Crippen molar-refractivity contribution in [3.8, 4) is 22.5 Å². The molecule has 0 atom stereocenters. The van der Waals surface area contributed by atoms with Gasteiger partial charge in [0.05, 0.1) is 17.6 Å². The molecule has 4 N–H and O–H groups in total. The number of hydrogen-bond acceptors (Lipinski definition) is 6. The molecule has 0 spiro atoms. The van der Waals surface area contributed by atoms with E-state index in [-0.39, 0.29) is 11.6 Å². The monoisotopic (exact) mass is 360 g/mol. The van der Waals surface area contributed by atoms with Gasteiger partial charge in [-0.15, -0.1) is 0 Å². The Hall–Kier alpha value is -4.01. The average molecular weight is 360 g/mol. The summed E-state index contributed by atoms with van der Waals surface area (Å²) in [4.78, 5) is 20.9. The SMILES string of the molecule is Cn1cc(-c2ccc(C(=O)Nc3cc(-c4ncn[nH]4)ccc3N)nc2)cn1. The minimum Gasteiger partial charge on any atom is -0.397 e. The molecular weight excluding hydrogens is 344 g/mol. The summed E-state index contributed by atoms with van der Waals surface area (Å²) in [6, 6.07) is 8.72. The number of nitrogens with one attached hydrogen (secondary N) is 2. The summed E-state index contributed by atoms with van der Waals surface area (Å²) in [7, 11) is 1.84. The Morgan fingerprint density at radius 2 is 1.96 bits per heavy atom. The number of pyridine rings is 1. The predicted octanol–water partition coefficient (Wildman–Crippen LogP) is 2.10. The van der Waals surface area contributed by atoms with Crippen molar-refractivity contribution in [1.82, 2.24) is 29.9 Å². The van der Waals surface area contributed by atoms with Gasteiger partial charge in [0.2, 0.25) is 0 Å². The van der Waals surface area contributed by atoms with Gasteiger partial charge < -0.3 is 11.1 Å². The molecule has 0 radical (unpaired) electrons. The number of nitrogens with two attached hydrogens (primary N) is 1. The van der Waals surface area contributed by atoms with E-state index in [0.717, 1.165) is 16.7 Å². The van der Waals surface area contributed by atoms with Crippen LogP contribution in [0.15, 0.2) is 55.2 Å². The van der Waals surface area contributed by atoms with Gasteiger partial charge in [-0.05, 0) is 24.3 Å². The van der Waals surface area contributed by atoms with Crippen LogP contribution in [0, 0.1) is 0 Å². The third-order valence-electron chi connectivity index (χ3n) is 4.02. The van der Waals surface area contributed by atoms with Crippen LogP contribution in [0.3, 0.4) is 0 Å². The molecule has 9 heteroatoms. The van der Waals surface area contributed by atoms with E-state index in [1.807, 2.05) is 19.3 Å². The largest absolute Gasteiger partial charge is 0.397 e. The minimum atomic E-state index is -0.353. The number of nitrogen functional groups attached to an aromatic ring is 1. The quantitative estimate of drug-likeness (QED) is 0.478. The van der Waals surface area contributed by atoms with E-state index in [1.54, 1.807) is 41.3 Å². The molecule has 0 saturated carbocycles. The van der Waals surface area contributed by atoms with Crippen LogP contribution in [0.1, 0.15) is 10.5 Å². The Kier molecular flexibility index (Phi) is 4.09. The first kappa shape index (κ1) is 16.5. The number of aryl methyl sites for hydroxylation is 1. The Labute approximate surface area is 154 Å². The van der Waals surface area contributed by atoms with E-state index in [9.17, 15) is 4.79 Å². The van der Waals surface area contributed by atoms with Gasteiger partial charge in [0, 0.05) is 36.1 Å². The van der Waals surface area contributed by atoms with Crippen LogP contribution in [0.5, 0.6) is 0 Å². The topological polar surface area (TPSA) is 127 Å². The average Bonchev–Trinajstić information content (AvgIpc) is 3.35. The summed E-state index contributed by atoms with van der Waals surface area (Å²) in [5.41, 5.74) is 9.76. The number of carbonyl (C=O) groups excluding carboxylic acids is 1. The number of anilines is 2. The number of amides is 1. The molecule has 0 fully saturated rings. The fraction of sp³-hybridized carbons (Fsp3) is 0.0556. The minimum absolute atomic E-state index is 0.284. The Morgan fingerprint density at radius 3 is 2.63 bits per heavy atom. The van der Waals surface area contributed by atoms with Gasteiger partial charge >= 0.3 is 0 Å². The lowest BCUT2D eigenvalue weighted by Gasteiger charge is -2.09. The van der Waals surface area contributed by atoms with Crippen molar-refractivity contribution >= 4 is 17.3 Å². The molecule has 4 aromatic rings. The summed E-state index contributed by atoms with van der Waals surface area (Å²) in [5, 5.41) is 13.5. The number of H-pyrrole nitrogens is 1. The first-order valence-electron chi connectivity index (χ1n) is 8.12. The zero-order chi connectivity index (χ0) is 18.8. The molecule has 0 aliphatic carbocycles. The normalized spacial score (nSPS) is 10.7. The smallest absolute Gasteiger partial charge is 0.274 e. The highest BCUT2D eigenvalue weighted by Gasteiger charge is 2.12. The van der Waals surface area contributed by atoms with Crippen molar-refractivity contribution in [3.63, 3.8) is 0 Å². The highest BCUT2D eigenvalue weighted by atomic mass is 16.1. The summed E-state index contributed by atoms with van der Waals surface area (Å²) >= 11 is 0. The number of carbonyl (C=O) groups is 1. The molecular formula is C18H16N8O. The maximum absolute atomic E-state index is 12.5. The summed E-state index contributed by atoms with van der Waals surface area (Å²) < 4.78 is 1.71. The first-order valence-corrected chi connectivity index (χ1v) is 8.12. The van der Waals surface area contributed by atoms with Crippen LogP contribution >= 0.6 is 0 Å². The molecule has 3 heterocycles. The van der Waals surface area contributed by atoms with Crippen molar-refractivity contribution in [3.05, 3.63) is 60.9 Å². The molecule has 9 nitrogen and oxygen atoms in total. The fourth-order valence-corrected chi connectivity index (χ4v) is 2.61. The predicted molar refractivity (Wildman–Crippen MR) is 101 cm³/mol. The third kappa shape index (κ3) is 3.38. The van der Waals surface area contributed by atoms with Crippen molar-refractivity contribution in [1.29, 1.82) is 0 Å². The number of hydrogen-bond donors (Lipinski definition) is 3. The van der Waals surface area contributed by atoms with Gasteiger partial charge in [-0.3, -0.25) is 19.6 Å². The van der Waals surface area contributed by atoms with E-state index in [4.69, 9.17) is 5.73 Å². The van der Waals surface area contributed by atoms with Crippen LogP contribution in [-0.4, -0.2) is 35.9 Å². The van der Waals surface area contributed by atoms with E-state index in [1.165, 1.54) is 6.33 Å². The standard InChI is InChI=1S/C18H16N8O/c1-26-9-13(8-23-26)12-3-5-15(20-7-12)18(27)24-16-6-11(2-4-14(16)19)17-21-10-22-25-17/h2-10H,19H2,1H3,(H,24,27)(H,21,22,25). The Morgan fingerprint density at radius 1 is 1.11 bits per heavy atom. The van der Waals surface area contributed by atoms with Gasteiger partial charge in [0.25, 0.3) is 5.91 Å². The fourth-order valence-electron chi connectivity index (χ4n) is 2.61. The van der Waals surface area contributed by atoms with E-state index in [0.29, 0.717) is 17.2 Å².